The van der Waals surface area contributed by atoms with Crippen LogP contribution in [-0.4, -0.2) is 17.4 Å². The summed E-state index contributed by atoms with van der Waals surface area (Å²) in [5.74, 6) is 0.0810. The van der Waals surface area contributed by atoms with Gasteiger partial charge in [0.05, 0.1) is 12.2 Å². The molecule has 0 spiro atoms. The molecule has 6 heteroatoms. The summed E-state index contributed by atoms with van der Waals surface area (Å²) >= 11 is 6.33. The number of fused-ring (bicyclic) bond motifs is 1. The molecule has 1 heterocycles. The number of rotatable bonds is 4. The summed E-state index contributed by atoms with van der Waals surface area (Å²) in [5.41, 5.74) is 1.46. The molecule has 5 nitrogen and oxygen atoms in total. The Bertz CT molecular complexity index is 1110. The molecule has 0 aliphatic carbocycles. The fraction of sp³-hybridized carbons (Fsp3) is 0.167. The topological polar surface area (TPSA) is 58.6 Å². The van der Waals surface area contributed by atoms with Gasteiger partial charge >= 0.3 is 0 Å². The van der Waals surface area contributed by atoms with Crippen molar-refractivity contribution >= 4 is 34.8 Å². The highest BCUT2D eigenvalue weighted by molar-refractivity contribution is 6.31. The van der Waals surface area contributed by atoms with E-state index >= 15 is 0 Å². The van der Waals surface area contributed by atoms with Crippen LogP contribution in [-0.2, 0) is 11.3 Å². The van der Waals surface area contributed by atoms with Gasteiger partial charge in [0, 0.05) is 16.3 Å². The zero-order chi connectivity index (χ0) is 21.3. The van der Waals surface area contributed by atoms with Crippen LogP contribution in [0.5, 0.6) is 5.75 Å². The van der Waals surface area contributed by atoms with Gasteiger partial charge in [0.15, 0.2) is 5.60 Å². The minimum Gasteiger partial charge on any atom is -0.476 e. The normalized spacial score (nSPS) is 14.6. The second-order valence-electron chi connectivity index (χ2n) is 7.60. The number of anilines is 2. The van der Waals surface area contributed by atoms with E-state index in [4.69, 9.17) is 16.3 Å². The van der Waals surface area contributed by atoms with Crippen LogP contribution in [0.1, 0.15) is 29.8 Å². The van der Waals surface area contributed by atoms with E-state index in [9.17, 15) is 9.59 Å². The molecule has 2 amide bonds. The molecule has 0 fully saturated rings. The molecule has 30 heavy (non-hydrogen) atoms. The van der Waals surface area contributed by atoms with Crippen LogP contribution in [0.3, 0.4) is 0 Å². The molecule has 3 aromatic rings. The number of carbonyl (C=O) groups excluding carboxylic acids is 2. The van der Waals surface area contributed by atoms with Crippen LogP contribution >= 0.6 is 11.6 Å². The average molecular weight is 421 g/mol. The Morgan fingerprint density at radius 1 is 1.03 bits per heavy atom. The van der Waals surface area contributed by atoms with Gasteiger partial charge in [-0.05, 0) is 55.8 Å². The lowest BCUT2D eigenvalue weighted by molar-refractivity contribution is -0.132. The molecular weight excluding hydrogens is 400 g/mol. The van der Waals surface area contributed by atoms with E-state index in [1.807, 2.05) is 48.5 Å². The minimum absolute atomic E-state index is 0.199. The maximum Gasteiger partial charge on any atom is 0.271 e. The number of benzene rings is 3. The quantitative estimate of drug-likeness (QED) is 0.623. The number of carbonyl (C=O) groups is 2. The van der Waals surface area contributed by atoms with Crippen molar-refractivity contribution in [3.8, 4) is 5.75 Å². The fourth-order valence-electron chi connectivity index (χ4n) is 3.39. The van der Waals surface area contributed by atoms with Crippen molar-refractivity contribution in [2.24, 2.45) is 0 Å². The minimum atomic E-state index is -1.03. The summed E-state index contributed by atoms with van der Waals surface area (Å²) in [4.78, 5) is 27.5. The molecule has 0 bridgehead atoms. The molecule has 4 rings (SSSR count). The second kappa shape index (κ2) is 7.84. The van der Waals surface area contributed by atoms with Crippen molar-refractivity contribution in [1.82, 2.24) is 0 Å². The van der Waals surface area contributed by atoms with Crippen molar-refractivity contribution in [2.75, 3.05) is 10.2 Å². The van der Waals surface area contributed by atoms with E-state index in [1.165, 1.54) is 0 Å². The van der Waals surface area contributed by atoms with E-state index in [0.717, 1.165) is 5.56 Å². The van der Waals surface area contributed by atoms with Crippen molar-refractivity contribution in [3.63, 3.8) is 0 Å². The van der Waals surface area contributed by atoms with E-state index in [-0.39, 0.29) is 18.4 Å². The predicted octanol–water partition coefficient (Wildman–Crippen LogP) is 5.30. The number of para-hydroxylation sites is 1. The largest absolute Gasteiger partial charge is 0.476 e. The first-order valence-corrected chi connectivity index (χ1v) is 9.98. The molecule has 152 valence electrons. The Balaban J connectivity index is 1.70. The molecule has 0 aromatic heterocycles. The van der Waals surface area contributed by atoms with Gasteiger partial charge in [-0.15, -0.1) is 0 Å². The van der Waals surface area contributed by atoms with E-state index < -0.39 is 5.60 Å². The van der Waals surface area contributed by atoms with Crippen molar-refractivity contribution < 1.29 is 14.3 Å². The lowest BCUT2D eigenvalue weighted by atomic mass is 10.0. The van der Waals surface area contributed by atoms with Crippen molar-refractivity contribution in [2.45, 2.75) is 26.0 Å². The van der Waals surface area contributed by atoms with Gasteiger partial charge in [-0.1, -0.05) is 48.0 Å². The predicted molar refractivity (Wildman–Crippen MR) is 118 cm³/mol. The first kappa shape index (κ1) is 20.0. The van der Waals surface area contributed by atoms with Gasteiger partial charge in [0.2, 0.25) is 0 Å². The zero-order valence-corrected chi connectivity index (χ0v) is 17.4. The van der Waals surface area contributed by atoms with E-state index in [1.54, 1.807) is 43.0 Å². The summed E-state index contributed by atoms with van der Waals surface area (Å²) < 4.78 is 5.93. The number of hydrogen-bond donors (Lipinski definition) is 1. The number of ether oxygens (including phenoxy) is 1. The van der Waals surface area contributed by atoms with Crippen molar-refractivity contribution in [3.05, 3.63) is 88.9 Å². The standard InChI is InChI=1S/C24H21ClN2O3/c1-24(2)23(29)27(15-17-8-6-7-11-19(17)25)20-14-16(12-13-21(20)30-24)22(28)26-18-9-4-3-5-10-18/h3-14H,15H2,1-2H3,(H,26,28). The third-order valence-corrected chi connectivity index (χ3v) is 5.32. The number of nitrogens with zero attached hydrogens (tertiary/aromatic N) is 1. The summed E-state index contributed by atoms with van der Waals surface area (Å²) in [6, 6.07) is 21.7. The molecule has 3 aromatic carbocycles. The van der Waals surface area contributed by atoms with Gasteiger partial charge in [0.1, 0.15) is 5.75 Å². The summed E-state index contributed by atoms with van der Waals surface area (Å²) in [6.07, 6.45) is 0. The van der Waals surface area contributed by atoms with Gasteiger partial charge in [0.25, 0.3) is 11.8 Å². The average Bonchev–Trinajstić information content (AvgIpc) is 2.73. The van der Waals surface area contributed by atoms with Gasteiger partial charge in [-0.2, -0.15) is 0 Å². The van der Waals surface area contributed by atoms with Crippen LogP contribution in [0.25, 0.3) is 0 Å². The van der Waals surface area contributed by atoms with Gasteiger partial charge in [-0.3, -0.25) is 9.59 Å². The lowest BCUT2D eigenvalue weighted by Crippen LogP contribution is -2.52. The highest BCUT2D eigenvalue weighted by atomic mass is 35.5. The van der Waals surface area contributed by atoms with Gasteiger partial charge in [-0.25, -0.2) is 0 Å². The first-order chi connectivity index (χ1) is 14.3. The number of nitrogens with one attached hydrogen (secondary N) is 1. The molecular formula is C24H21ClN2O3. The summed E-state index contributed by atoms with van der Waals surface area (Å²) in [7, 11) is 0. The highest BCUT2D eigenvalue weighted by Crippen LogP contribution is 2.39. The van der Waals surface area contributed by atoms with E-state index in [2.05, 4.69) is 5.32 Å². The SMILES string of the molecule is CC1(C)Oc2ccc(C(=O)Nc3ccccc3)cc2N(Cc2ccccc2Cl)C1=O. The highest BCUT2D eigenvalue weighted by Gasteiger charge is 2.41. The van der Waals surface area contributed by atoms with Crippen molar-refractivity contribution in [1.29, 1.82) is 0 Å². The van der Waals surface area contributed by atoms with Crippen LogP contribution in [0.4, 0.5) is 11.4 Å². The number of hydrogen-bond acceptors (Lipinski definition) is 3. The summed E-state index contributed by atoms with van der Waals surface area (Å²) in [5, 5.41) is 3.44. The molecule has 0 radical (unpaired) electrons. The van der Waals surface area contributed by atoms with Crippen LogP contribution < -0.4 is 15.0 Å². The molecule has 0 atom stereocenters. The smallest absolute Gasteiger partial charge is 0.271 e. The Labute approximate surface area is 180 Å². The van der Waals surface area contributed by atoms with Gasteiger partial charge < -0.3 is 15.0 Å². The Morgan fingerprint density at radius 3 is 2.47 bits per heavy atom. The Hall–Kier alpha value is -3.31. The molecule has 0 saturated heterocycles. The molecule has 1 aliphatic heterocycles. The maximum absolute atomic E-state index is 13.2. The van der Waals surface area contributed by atoms with E-state index in [0.29, 0.717) is 27.7 Å². The molecule has 0 unspecified atom stereocenters. The zero-order valence-electron chi connectivity index (χ0n) is 16.7. The van der Waals surface area contributed by atoms with Crippen LogP contribution in [0.2, 0.25) is 5.02 Å². The van der Waals surface area contributed by atoms with Crippen LogP contribution in [0.15, 0.2) is 72.8 Å². The summed E-state index contributed by atoms with van der Waals surface area (Å²) in [6.45, 7) is 3.74. The fourth-order valence-corrected chi connectivity index (χ4v) is 3.58. The molecule has 0 saturated carbocycles. The molecule has 1 N–H and O–H groups in total. The number of amides is 2. The molecule has 1 aliphatic rings. The Morgan fingerprint density at radius 2 is 1.73 bits per heavy atom. The van der Waals surface area contributed by atoms with Crippen LogP contribution in [0, 0.1) is 0 Å². The Kier molecular flexibility index (Phi) is 5.22. The maximum atomic E-state index is 13.2. The monoisotopic (exact) mass is 420 g/mol. The third kappa shape index (κ3) is 3.89. The third-order valence-electron chi connectivity index (χ3n) is 4.96. The second-order valence-corrected chi connectivity index (χ2v) is 8.00. The lowest BCUT2D eigenvalue weighted by Gasteiger charge is -2.39. The first-order valence-electron chi connectivity index (χ1n) is 9.60. The number of halogens is 1.